The Morgan fingerprint density at radius 1 is 0.655 bits per heavy atom. The predicted molar refractivity (Wildman–Crippen MR) is 127 cm³/mol. The molecule has 0 aliphatic rings. The van der Waals surface area contributed by atoms with E-state index in [1.165, 1.54) is 94.1 Å². The van der Waals surface area contributed by atoms with Crippen molar-refractivity contribution in [3.8, 4) is 0 Å². The lowest BCUT2D eigenvalue weighted by atomic mass is 10.1. The highest BCUT2D eigenvalue weighted by molar-refractivity contribution is 5.15. The second-order valence-electron chi connectivity index (χ2n) is 8.56. The van der Waals surface area contributed by atoms with Crippen LogP contribution in [0, 0.1) is 0 Å². The molecule has 2 heteroatoms. The fourth-order valence-electron chi connectivity index (χ4n) is 4.17. The van der Waals surface area contributed by atoms with Crippen LogP contribution in [0.15, 0.2) is 36.5 Å². The average Bonchev–Trinajstić information content (AvgIpc) is 3.15. The van der Waals surface area contributed by atoms with Crippen molar-refractivity contribution < 1.29 is 0 Å². The Bertz CT molecular complexity index is 629. The summed E-state index contributed by atoms with van der Waals surface area (Å²) in [4.78, 5) is 4.96. The predicted octanol–water partition coefficient (Wildman–Crippen LogP) is 7.93. The molecule has 0 radical (unpaired) electrons. The number of aryl methyl sites for hydroxylation is 4. The summed E-state index contributed by atoms with van der Waals surface area (Å²) in [5.41, 5.74) is 2.71. The molecule has 0 amide bonds. The van der Waals surface area contributed by atoms with E-state index < -0.39 is 0 Å². The molecule has 0 aliphatic carbocycles. The van der Waals surface area contributed by atoms with E-state index in [-0.39, 0.29) is 0 Å². The van der Waals surface area contributed by atoms with E-state index in [0.717, 1.165) is 25.8 Å². The van der Waals surface area contributed by atoms with Gasteiger partial charge in [-0.05, 0) is 38.2 Å². The largest absolute Gasteiger partial charge is 0.335 e. The smallest absolute Gasteiger partial charge is 0.108 e. The quantitative estimate of drug-likeness (QED) is 0.248. The van der Waals surface area contributed by atoms with Crippen molar-refractivity contribution in [2.45, 2.75) is 117 Å². The summed E-state index contributed by atoms with van der Waals surface area (Å²) in [6, 6.07) is 10.8. The van der Waals surface area contributed by atoms with Crippen LogP contribution in [-0.4, -0.2) is 9.55 Å². The normalized spacial score (nSPS) is 11.2. The third-order valence-electron chi connectivity index (χ3n) is 5.99. The van der Waals surface area contributed by atoms with E-state index >= 15 is 0 Å². The van der Waals surface area contributed by atoms with E-state index in [1.54, 1.807) is 0 Å². The monoisotopic (exact) mass is 396 g/mol. The van der Waals surface area contributed by atoms with Crippen LogP contribution in [0.3, 0.4) is 0 Å². The van der Waals surface area contributed by atoms with Gasteiger partial charge in [0.2, 0.25) is 0 Å². The summed E-state index contributed by atoms with van der Waals surface area (Å²) in [5, 5.41) is 0. The van der Waals surface area contributed by atoms with Gasteiger partial charge in [0.15, 0.2) is 0 Å². The van der Waals surface area contributed by atoms with Gasteiger partial charge in [-0.2, -0.15) is 0 Å². The van der Waals surface area contributed by atoms with Gasteiger partial charge in [0.1, 0.15) is 5.82 Å². The van der Waals surface area contributed by atoms with Crippen LogP contribution in [0.25, 0.3) is 0 Å². The Kier molecular flexibility index (Phi) is 12.5. The summed E-state index contributed by atoms with van der Waals surface area (Å²) in [7, 11) is 0. The van der Waals surface area contributed by atoms with Gasteiger partial charge in [-0.1, -0.05) is 101 Å². The van der Waals surface area contributed by atoms with Crippen LogP contribution in [0.2, 0.25) is 0 Å². The Morgan fingerprint density at radius 3 is 1.90 bits per heavy atom. The van der Waals surface area contributed by atoms with Crippen LogP contribution >= 0.6 is 0 Å². The molecule has 0 aliphatic heterocycles. The van der Waals surface area contributed by atoms with Crippen molar-refractivity contribution in [2.24, 2.45) is 0 Å². The highest BCUT2D eigenvalue weighted by Gasteiger charge is 2.07. The number of hydrogen-bond donors (Lipinski definition) is 0. The lowest BCUT2D eigenvalue weighted by Crippen LogP contribution is -2.00. The molecule has 0 N–H and O–H groups in total. The SMILES string of the molecule is CCCCCCCCCCCCCc1nc(CCCc2ccccc2)cn1CC. The van der Waals surface area contributed by atoms with Crippen LogP contribution in [-0.2, 0) is 25.8 Å². The highest BCUT2D eigenvalue weighted by atomic mass is 15.1. The van der Waals surface area contributed by atoms with E-state index in [4.69, 9.17) is 4.98 Å². The molecule has 0 spiro atoms. The molecule has 1 aromatic carbocycles. The first-order valence-electron chi connectivity index (χ1n) is 12.4. The molecule has 1 aromatic heterocycles. The topological polar surface area (TPSA) is 17.8 Å². The number of aromatic nitrogens is 2. The summed E-state index contributed by atoms with van der Waals surface area (Å²) in [6.07, 6.45) is 22.3. The minimum Gasteiger partial charge on any atom is -0.335 e. The first kappa shape index (κ1) is 23.7. The number of benzene rings is 1. The molecule has 0 saturated heterocycles. The Hall–Kier alpha value is -1.57. The van der Waals surface area contributed by atoms with Crippen molar-refractivity contribution in [3.05, 3.63) is 53.6 Å². The van der Waals surface area contributed by atoms with Crippen molar-refractivity contribution >= 4 is 0 Å². The third kappa shape index (κ3) is 10.1. The van der Waals surface area contributed by atoms with Crippen molar-refractivity contribution in [3.63, 3.8) is 0 Å². The summed E-state index contributed by atoms with van der Waals surface area (Å²) in [6.45, 7) is 5.57. The highest BCUT2D eigenvalue weighted by Crippen LogP contribution is 2.14. The van der Waals surface area contributed by atoms with Crippen LogP contribution in [0.4, 0.5) is 0 Å². The molecule has 2 rings (SSSR count). The maximum Gasteiger partial charge on any atom is 0.108 e. The fourth-order valence-corrected chi connectivity index (χ4v) is 4.17. The molecule has 0 bridgehead atoms. The van der Waals surface area contributed by atoms with Gasteiger partial charge in [0.25, 0.3) is 0 Å². The molecule has 162 valence electrons. The molecule has 0 unspecified atom stereocenters. The average molecular weight is 397 g/mol. The Labute approximate surface area is 180 Å². The molecule has 2 aromatic rings. The minimum atomic E-state index is 1.04. The van der Waals surface area contributed by atoms with Crippen molar-refractivity contribution in [1.82, 2.24) is 9.55 Å². The zero-order valence-corrected chi connectivity index (χ0v) is 19.2. The third-order valence-corrected chi connectivity index (χ3v) is 5.99. The van der Waals surface area contributed by atoms with Gasteiger partial charge < -0.3 is 4.57 Å². The lowest BCUT2D eigenvalue weighted by molar-refractivity contribution is 0.545. The van der Waals surface area contributed by atoms with Crippen LogP contribution in [0.1, 0.15) is 108 Å². The molecule has 29 heavy (non-hydrogen) atoms. The standard InChI is InChI=1S/C27H44N2/c1-3-5-6-7-8-9-10-11-12-13-17-23-27-28-26(24-29(27)4-2)22-18-21-25-19-15-14-16-20-25/h14-16,19-20,24H,3-13,17-18,21-23H2,1-2H3. The van der Waals surface area contributed by atoms with Gasteiger partial charge in [0.05, 0.1) is 5.69 Å². The molecule has 2 nitrogen and oxygen atoms in total. The van der Waals surface area contributed by atoms with Crippen LogP contribution in [0.5, 0.6) is 0 Å². The second kappa shape index (κ2) is 15.3. The van der Waals surface area contributed by atoms with E-state index in [9.17, 15) is 0 Å². The number of unbranched alkanes of at least 4 members (excludes halogenated alkanes) is 10. The van der Waals surface area contributed by atoms with E-state index in [0.29, 0.717) is 0 Å². The number of imidazole rings is 1. The first-order valence-corrected chi connectivity index (χ1v) is 12.4. The fraction of sp³-hybridized carbons (Fsp3) is 0.667. The second-order valence-corrected chi connectivity index (χ2v) is 8.56. The molecular formula is C27H44N2. The summed E-state index contributed by atoms with van der Waals surface area (Å²) < 4.78 is 2.37. The zero-order chi connectivity index (χ0) is 20.6. The Morgan fingerprint density at radius 2 is 1.28 bits per heavy atom. The summed E-state index contributed by atoms with van der Waals surface area (Å²) in [5.74, 6) is 1.30. The van der Waals surface area contributed by atoms with Crippen molar-refractivity contribution in [2.75, 3.05) is 0 Å². The number of nitrogens with zero attached hydrogens (tertiary/aromatic N) is 2. The van der Waals surface area contributed by atoms with Gasteiger partial charge in [-0.25, -0.2) is 4.98 Å². The van der Waals surface area contributed by atoms with Crippen LogP contribution < -0.4 is 0 Å². The molecule has 1 heterocycles. The molecular weight excluding hydrogens is 352 g/mol. The zero-order valence-electron chi connectivity index (χ0n) is 19.2. The van der Waals surface area contributed by atoms with Gasteiger partial charge in [-0.3, -0.25) is 0 Å². The van der Waals surface area contributed by atoms with Gasteiger partial charge in [-0.15, -0.1) is 0 Å². The number of rotatable bonds is 17. The van der Waals surface area contributed by atoms with Gasteiger partial charge in [0, 0.05) is 19.2 Å². The number of hydrogen-bond acceptors (Lipinski definition) is 1. The minimum absolute atomic E-state index is 1.04. The maximum absolute atomic E-state index is 4.96. The Balaban J connectivity index is 1.56. The molecule has 0 fully saturated rings. The van der Waals surface area contributed by atoms with E-state index in [2.05, 4.69) is 54.9 Å². The molecule has 0 atom stereocenters. The summed E-state index contributed by atoms with van der Waals surface area (Å²) >= 11 is 0. The van der Waals surface area contributed by atoms with Gasteiger partial charge >= 0.3 is 0 Å². The lowest BCUT2D eigenvalue weighted by Gasteiger charge is -2.05. The first-order chi connectivity index (χ1) is 14.3. The maximum atomic E-state index is 4.96. The van der Waals surface area contributed by atoms with Crippen molar-refractivity contribution in [1.29, 1.82) is 0 Å². The van der Waals surface area contributed by atoms with E-state index in [1.807, 2.05) is 0 Å². The molecule has 0 saturated carbocycles.